The molecule has 2 heterocycles. The quantitative estimate of drug-likeness (QED) is 0.346. The van der Waals surface area contributed by atoms with E-state index in [9.17, 15) is 18.0 Å². The van der Waals surface area contributed by atoms with Crippen LogP contribution in [0.2, 0.25) is 0 Å². The highest BCUT2D eigenvalue weighted by atomic mass is 32.2. The molecule has 0 N–H and O–H groups in total. The smallest absolute Gasteiger partial charge is 0.252 e. The molecule has 2 amide bonds. The molecule has 1 unspecified atom stereocenters. The number of anilines is 1. The summed E-state index contributed by atoms with van der Waals surface area (Å²) in [6, 6.07) is 21.4. The van der Waals surface area contributed by atoms with E-state index in [2.05, 4.69) is 0 Å². The third-order valence-electron chi connectivity index (χ3n) is 6.02. The number of carbonyl (C=O) groups is 2. The standard InChI is InChI=1S/C26H22N2O5S2/c1-33-21-11-9-20(10-12-21)28-25(29)16-24(26(28)30)27(17-22-7-4-14-34-22)35(31,32)23-13-8-18-5-2-3-6-19(18)15-23/h2-15,24H,16-17H2,1H3. The van der Waals surface area contributed by atoms with E-state index >= 15 is 0 Å². The molecule has 178 valence electrons. The van der Waals surface area contributed by atoms with E-state index in [4.69, 9.17) is 4.74 Å². The summed E-state index contributed by atoms with van der Waals surface area (Å²) in [5, 5.41) is 3.54. The van der Waals surface area contributed by atoms with Crippen molar-refractivity contribution in [2.24, 2.45) is 0 Å². The number of ether oxygens (including phenoxy) is 1. The van der Waals surface area contributed by atoms with Gasteiger partial charge in [0.1, 0.15) is 11.8 Å². The number of rotatable bonds is 7. The maximum atomic E-state index is 13.9. The van der Waals surface area contributed by atoms with Crippen LogP contribution < -0.4 is 9.64 Å². The number of nitrogens with zero attached hydrogens (tertiary/aromatic N) is 2. The van der Waals surface area contributed by atoms with E-state index < -0.39 is 27.9 Å². The van der Waals surface area contributed by atoms with Gasteiger partial charge in [-0.3, -0.25) is 9.59 Å². The summed E-state index contributed by atoms with van der Waals surface area (Å²) in [6.45, 7) is -0.00698. The average Bonchev–Trinajstić information content (AvgIpc) is 3.49. The summed E-state index contributed by atoms with van der Waals surface area (Å²) in [7, 11) is -2.58. The molecule has 0 bridgehead atoms. The molecule has 1 aromatic heterocycles. The lowest BCUT2D eigenvalue weighted by Gasteiger charge is -2.26. The molecule has 5 rings (SSSR count). The van der Waals surface area contributed by atoms with Crippen LogP contribution in [0.5, 0.6) is 5.75 Å². The molecule has 35 heavy (non-hydrogen) atoms. The van der Waals surface area contributed by atoms with Crippen LogP contribution in [0.3, 0.4) is 0 Å². The van der Waals surface area contributed by atoms with Crippen LogP contribution in [0, 0.1) is 0 Å². The zero-order chi connectivity index (χ0) is 24.6. The molecule has 1 saturated heterocycles. The van der Waals surface area contributed by atoms with Gasteiger partial charge >= 0.3 is 0 Å². The normalized spacial score (nSPS) is 16.4. The number of fused-ring (bicyclic) bond motifs is 1. The predicted octanol–water partition coefficient (Wildman–Crippen LogP) is 4.43. The fraction of sp³-hybridized carbons (Fsp3) is 0.154. The fourth-order valence-electron chi connectivity index (χ4n) is 4.23. The van der Waals surface area contributed by atoms with Crippen molar-refractivity contribution in [2.45, 2.75) is 23.9 Å². The van der Waals surface area contributed by atoms with Crippen LogP contribution in [-0.4, -0.2) is 37.7 Å². The predicted molar refractivity (Wildman–Crippen MR) is 135 cm³/mol. The highest BCUT2D eigenvalue weighted by Crippen LogP contribution is 2.32. The van der Waals surface area contributed by atoms with Gasteiger partial charge in [-0.05, 0) is 58.6 Å². The molecule has 0 radical (unpaired) electrons. The first-order valence-electron chi connectivity index (χ1n) is 10.9. The average molecular weight is 507 g/mol. The summed E-state index contributed by atoms with van der Waals surface area (Å²) in [4.78, 5) is 28.4. The first-order valence-corrected chi connectivity index (χ1v) is 13.2. The summed E-state index contributed by atoms with van der Waals surface area (Å²) in [6.07, 6.45) is -0.233. The monoisotopic (exact) mass is 506 g/mol. The van der Waals surface area contributed by atoms with Crippen LogP contribution in [0.25, 0.3) is 10.8 Å². The molecule has 1 fully saturated rings. The SMILES string of the molecule is COc1ccc(N2C(=O)CC(N(Cc3cccs3)S(=O)(=O)c3ccc4ccccc4c3)C2=O)cc1. The Hall–Kier alpha value is -3.53. The Kier molecular flexibility index (Phi) is 6.14. The van der Waals surface area contributed by atoms with Crippen LogP contribution >= 0.6 is 11.3 Å². The molecule has 9 heteroatoms. The third-order valence-corrected chi connectivity index (χ3v) is 8.73. The molecule has 4 aromatic rings. The summed E-state index contributed by atoms with van der Waals surface area (Å²) in [5.41, 5.74) is 0.377. The zero-order valence-electron chi connectivity index (χ0n) is 18.8. The number of benzene rings is 3. The molecule has 1 atom stereocenters. The number of hydrogen-bond acceptors (Lipinski definition) is 6. The van der Waals surface area contributed by atoms with E-state index in [0.29, 0.717) is 11.4 Å². The second-order valence-electron chi connectivity index (χ2n) is 8.12. The minimum Gasteiger partial charge on any atom is -0.497 e. The van der Waals surface area contributed by atoms with Crippen molar-refractivity contribution >= 4 is 49.6 Å². The summed E-state index contributed by atoms with van der Waals surface area (Å²) >= 11 is 1.40. The Morgan fingerprint density at radius 3 is 2.40 bits per heavy atom. The van der Waals surface area contributed by atoms with Crippen molar-refractivity contribution in [1.82, 2.24) is 4.31 Å². The Labute approximate surface area is 207 Å². The van der Waals surface area contributed by atoms with Gasteiger partial charge in [0.25, 0.3) is 5.91 Å². The number of thiophene rings is 1. The van der Waals surface area contributed by atoms with E-state index in [0.717, 1.165) is 24.9 Å². The third kappa shape index (κ3) is 4.34. The van der Waals surface area contributed by atoms with Gasteiger partial charge in [0.2, 0.25) is 15.9 Å². The van der Waals surface area contributed by atoms with Gasteiger partial charge in [0, 0.05) is 11.4 Å². The van der Waals surface area contributed by atoms with E-state index in [1.807, 2.05) is 41.8 Å². The van der Waals surface area contributed by atoms with Gasteiger partial charge < -0.3 is 4.74 Å². The number of sulfonamides is 1. The van der Waals surface area contributed by atoms with E-state index in [1.54, 1.807) is 42.5 Å². The first-order chi connectivity index (χ1) is 16.9. The van der Waals surface area contributed by atoms with Gasteiger partial charge in [-0.1, -0.05) is 36.4 Å². The lowest BCUT2D eigenvalue weighted by Crippen LogP contribution is -2.44. The van der Waals surface area contributed by atoms with E-state index in [1.165, 1.54) is 18.4 Å². The molecule has 1 aliphatic heterocycles. The van der Waals surface area contributed by atoms with Gasteiger partial charge in [-0.25, -0.2) is 13.3 Å². The van der Waals surface area contributed by atoms with Crippen molar-refractivity contribution in [3.63, 3.8) is 0 Å². The number of amides is 2. The highest BCUT2D eigenvalue weighted by Gasteiger charge is 2.47. The number of carbonyl (C=O) groups excluding carboxylic acids is 2. The molecule has 3 aromatic carbocycles. The Bertz CT molecular complexity index is 1500. The number of methoxy groups -OCH3 is 1. The minimum atomic E-state index is -4.10. The Morgan fingerprint density at radius 2 is 1.71 bits per heavy atom. The maximum absolute atomic E-state index is 13.9. The lowest BCUT2D eigenvalue weighted by molar-refractivity contribution is -0.122. The van der Waals surface area contributed by atoms with Gasteiger partial charge in [-0.15, -0.1) is 11.3 Å². The Balaban J connectivity index is 1.54. The Morgan fingerprint density at radius 1 is 0.971 bits per heavy atom. The molecule has 0 aliphatic carbocycles. The number of imide groups is 1. The lowest BCUT2D eigenvalue weighted by atomic mass is 10.1. The van der Waals surface area contributed by atoms with Crippen molar-refractivity contribution in [1.29, 1.82) is 0 Å². The summed E-state index contributed by atoms with van der Waals surface area (Å²) in [5.74, 6) is -0.432. The largest absolute Gasteiger partial charge is 0.497 e. The van der Waals surface area contributed by atoms with Gasteiger partial charge in [0.05, 0.1) is 24.1 Å². The van der Waals surface area contributed by atoms with Gasteiger partial charge in [0.15, 0.2) is 0 Å². The topological polar surface area (TPSA) is 84.0 Å². The zero-order valence-corrected chi connectivity index (χ0v) is 20.5. The van der Waals surface area contributed by atoms with E-state index in [-0.39, 0.29) is 17.9 Å². The molecule has 0 saturated carbocycles. The molecule has 7 nitrogen and oxygen atoms in total. The van der Waals surface area contributed by atoms with Crippen molar-refractivity contribution in [2.75, 3.05) is 12.0 Å². The molecular formula is C26H22N2O5S2. The van der Waals surface area contributed by atoms with Crippen molar-refractivity contribution in [3.8, 4) is 5.75 Å². The molecule has 0 spiro atoms. The number of hydrogen-bond donors (Lipinski definition) is 0. The minimum absolute atomic E-state index is 0.00698. The molecule has 1 aliphatic rings. The maximum Gasteiger partial charge on any atom is 0.252 e. The summed E-state index contributed by atoms with van der Waals surface area (Å²) < 4.78 is 34.1. The van der Waals surface area contributed by atoms with Crippen LogP contribution in [0.4, 0.5) is 5.69 Å². The van der Waals surface area contributed by atoms with Crippen molar-refractivity contribution in [3.05, 3.63) is 89.1 Å². The first kappa shape index (κ1) is 23.2. The highest BCUT2D eigenvalue weighted by molar-refractivity contribution is 7.89. The second kappa shape index (κ2) is 9.26. The second-order valence-corrected chi connectivity index (χ2v) is 11.0. The van der Waals surface area contributed by atoms with Crippen LogP contribution in [0.1, 0.15) is 11.3 Å². The van der Waals surface area contributed by atoms with Crippen LogP contribution in [0.15, 0.2) is 89.1 Å². The fourth-order valence-corrected chi connectivity index (χ4v) is 6.61. The van der Waals surface area contributed by atoms with Crippen molar-refractivity contribution < 1.29 is 22.7 Å². The van der Waals surface area contributed by atoms with Gasteiger partial charge in [-0.2, -0.15) is 4.31 Å². The van der Waals surface area contributed by atoms with Crippen LogP contribution in [-0.2, 0) is 26.2 Å². The molecular weight excluding hydrogens is 484 g/mol.